The van der Waals surface area contributed by atoms with Gasteiger partial charge in [0.25, 0.3) is 0 Å². The minimum atomic E-state index is 0.746. The van der Waals surface area contributed by atoms with Crippen LogP contribution in [0.1, 0.15) is 31.2 Å². The lowest BCUT2D eigenvalue weighted by atomic mass is 9.76. The van der Waals surface area contributed by atoms with E-state index in [0.717, 1.165) is 18.5 Å². The Balaban J connectivity index is 1.87. The number of hydrogen-bond acceptors (Lipinski definition) is 2. The zero-order chi connectivity index (χ0) is 9.10. The second-order valence-corrected chi connectivity index (χ2v) is 3.71. The molecule has 1 aliphatic rings. The molecule has 2 rings (SSSR count). The van der Waals surface area contributed by atoms with E-state index in [1.807, 2.05) is 18.5 Å². The zero-order valence-electron chi connectivity index (χ0n) is 8.03. The van der Waals surface area contributed by atoms with Crippen LogP contribution in [0.2, 0.25) is 0 Å². The van der Waals surface area contributed by atoms with E-state index in [4.69, 9.17) is 0 Å². The summed E-state index contributed by atoms with van der Waals surface area (Å²) in [4.78, 5) is 4.14. The summed E-state index contributed by atoms with van der Waals surface area (Å²) in [6.45, 7) is 3.25. The smallest absolute Gasteiger partial charge is 0.0302 e. The summed E-state index contributed by atoms with van der Waals surface area (Å²) in [5, 5.41) is 3.46. The second kappa shape index (κ2) is 3.88. The van der Waals surface area contributed by atoms with E-state index in [1.54, 1.807) is 0 Å². The fourth-order valence-corrected chi connectivity index (χ4v) is 1.96. The molecule has 0 aromatic carbocycles. The second-order valence-electron chi connectivity index (χ2n) is 3.71. The van der Waals surface area contributed by atoms with E-state index in [-0.39, 0.29) is 0 Å². The van der Waals surface area contributed by atoms with Crippen LogP contribution in [0.3, 0.4) is 0 Å². The number of nitrogens with one attached hydrogen (secondary N) is 1. The van der Waals surface area contributed by atoms with Crippen LogP contribution < -0.4 is 5.32 Å². The summed E-state index contributed by atoms with van der Waals surface area (Å²) in [7, 11) is 0. The lowest BCUT2D eigenvalue weighted by molar-refractivity contribution is 0.295. The third-order valence-electron chi connectivity index (χ3n) is 2.79. The number of rotatable bonds is 3. The Hall–Kier alpha value is -0.890. The topological polar surface area (TPSA) is 24.9 Å². The van der Waals surface area contributed by atoms with E-state index in [9.17, 15) is 0 Å². The van der Waals surface area contributed by atoms with Gasteiger partial charge in [0.15, 0.2) is 0 Å². The summed E-state index contributed by atoms with van der Waals surface area (Å²) in [5.41, 5.74) is 1.40. The van der Waals surface area contributed by atoms with Gasteiger partial charge < -0.3 is 5.32 Å². The highest BCUT2D eigenvalue weighted by Gasteiger charge is 2.29. The van der Waals surface area contributed by atoms with Gasteiger partial charge in [-0.3, -0.25) is 4.98 Å². The summed E-state index contributed by atoms with van der Waals surface area (Å²) in [5.74, 6) is 0.748. The van der Waals surface area contributed by atoms with Crippen molar-refractivity contribution in [1.29, 1.82) is 0 Å². The molecule has 2 nitrogen and oxygen atoms in total. The molecule has 13 heavy (non-hydrogen) atoms. The van der Waals surface area contributed by atoms with Crippen molar-refractivity contribution in [3.8, 4) is 0 Å². The Bertz CT molecular complexity index is 252. The predicted octanol–water partition coefficient (Wildman–Crippen LogP) is 1.94. The summed E-state index contributed by atoms with van der Waals surface area (Å²) in [6, 6.07) is 4.95. The first-order valence-electron chi connectivity index (χ1n) is 5.03. The van der Waals surface area contributed by atoms with Gasteiger partial charge in [0, 0.05) is 18.4 Å². The molecule has 0 bridgehead atoms. The lowest BCUT2D eigenvalue weighted by Gasteiger charge is -2.35. The molecule has 0 aliphatic heterocycles. The highest BCUT2D eigenvalue weighted by Crippen LogP contribution is 2.36. The molecule has 1 aliphatic carbocycles. The first-order chi connectivity index (χ1) is 6.40. The van der Waals surface area contributed by atoms with Crippen molar-refractivity contribution < 1.29 is 0 Å². The Morgan fingerprint density at radius 2 is 2.38 bits per heavy atom. The highest BCUT2D eigenvalue weighted by atomic mass is 14.9. The number of hydrogen-bond donors (Lipinski definition) is 1. The SMILES string of the molecule is CCNC1CC(c2cccnc2)C1. The predicted molar refractivity (Wildman–Crippen MR) is 53.7 cm³/mol. The normalized spacial score (nSPS) is 26.8. The van der Waals surface area contributed by atoms with E-state index in [2.05, 4.69) is 23.3 Å². The average Bonchev–Trinajstić information content (AvgIpc) is 2.12. The van der Waals surface area contributed by atoms with Crippen LogP contribution in [-0.4, -0.2) is 17.6 Å². The maximum atomic E-state index is 4.14. The van der Waals surface area contributed by atoms with Gasteiger partial charge in [-0.1, -0.05) is 13.0 Å². The molecule has 0 unspecified atom stereocenters. The van der Waals surface area contributed by atoms with Gasteiger partial charge in [-0.25, -0.2) is 0 Å². The van der Waals surface area contributed by atoms with Crippen molar-refractivity contribution in [3.05, 3.63) is 30.1 Å². The van der Waals surface area contributed by atoms with Gasteiger partial charge in [-0.05, 0) is 36.9 Å². The molecule has 0 spiro atoms. The molecule has 1 aromatic heterocycles. The zero-order valence-corrected chi connectivity index (χ0v) is 8.03. The van der Waals surface area contributed by atoms with E-state index in [1.165, 1.54) is 18.4 Å². The minimum Gasteiger partial charge on any atom is -0.314 e. The molecule has 0 atom stereocenters. The highest BCUT2D eigenvalue weighted by molar-refractivity contribution is 5.18. The van der Waals surface area contributed by atoms with Gasteiger partial charge in [0.1, 0.15) is 0 Å². The Kier molecular flexibility index (Phi) is 2.60. The van der Waals surface area contributed by atoms with Crippen molar-refractivity contribution in [2.45, 2.75) is 31.7 Å². The third kappa shape index (κ3) is 1.89. The van der Waals surface area contributed by atoms with Crippen LogP contribution in [0.15, 0.2) is 24.5 Å². The molecule has 70 valence electrons. The third-order valence-corrected chi connectivity index (χ3v) is 2.79. The van der Waals surface area contributed by atoms with Gasteiger partial charge in [0.2, 0.25) is 0 Å². The monoisotopic (exact) mass is 176 g/mol. The van der Waals surface area contributed by atoms with Crippen LogP contribution in [0.4, 0.5) is 0 Å². The molecule has 1 fully saturated rings. The Labute approximate surface area is 79.4 Å². The van der Waals surface area contributed by atoms with Gasteiger partial charge >= 0.3 is 0 Å². The number of nitrogens with zero attached hydrogens (tertiary/aromatic N) is 1. The van der Waals surface area contributed by atoms with Crippen LogP contribution in [0, 0.1) is 0 Å². The molecule has 0 radical (unpaired) electrons. The molecule has 2 heteroatoms. The van der Waals surface area contributed by atoms with Gasteiger partial charge in [-0.15, -0.1) is 0 Å². The molecular weight excluding hydrogens is 160 g/mol. The van der Waals surface area contributed by atoms with E-state index >= 15 is 0 Å². The standard InChI is InChI=1S/C11H16N2/c1-2-13-11-6-10(7-11)9-4-3-5-12-8-9/h3-5,8,10-11,13H,2,6-7H2,1H3. The fourth-order valence-electron chi connectivity index (χ4n) is 1.96. The lowest BCUT2D eigenvalue weighted by Crippen LogP contribution is -2.39. The molecule has 1 aromatic rings. The van der Waals surface area contributed by atoms with Crippen molar-refractivity contribution >= 4 is 0 Å². The molecule has 1 heterocycles. The van der Waals surface area contributed by atoms with Gasteiger partial charge in [-0.2, -0.15) is 0 Å². The first kappa shape index (κ1) is 8.70. The van der Waals surface area contributed by atoms with Crippen LogP contribution in [0.5, 0.6) is 0 Å². The number of aromatic nitrogens is 1. The maximum absolute atomic E-state index is 4.14. The number of pyridine rings is 1. The van der Waals surface area contributed by atoms with Crippen LogP contribution in [-0.2, 0) is 0 Å². The first-order valence-corrected chi connectivity index (χ1v) is 5.03. The molecule has 0 saturated heterocycles. The summed E-state index contributed by atoms with van der Waals surface area (Å²) < 4.78 is 0. The Morgan fingerprint density at radius 3 is 3.00 bits per heavy atom. The van der Waals surface area contributed by atoms with E-state index < -0.39 is 0 Å². The van der Waals surface area contributed by atoms with Crippen LogP contribution >= 0.6 is 0 Å². The fraction of sp³-hybridized carbons (Fsp3) is 0.545. The van der Waals surface area contributed by atoms with Gasteiger partial charge in [0.05, 0.1) is 0 Å². The average molecular weight is 176 g/mol. The quantitative estimate of drug-likeness (QED) is 0.761. The van der Waals surface area contributed by atoms with Crippen molar-refractivity contribution in [2.75, 3.05) is 6.54 Å². The molecular formula is C11H16N2. The molecule has 0 amide bonds. The van der Waals surface area contributed by atoms with Crippen molar-refractivity contribution in [1.82, 2.24) is 10.3 Å². The molecule has 1 N–H and O–H groups in total. The van der Waals surface area contributed by atoms with Crippen molar-refractivity contribution in [3.63, 3.8) is 0 Å². The maximum Gasteiger partial charge on any atom is 0.0302 e. The summed E-state index contributed by atoms with van der Waals surface area (Å²) >= 11 is 0. The van der Waals surface area contributed by atoms with Crippen LogP contribution in [0.25, 0.3) is 0 Å². The summed E-state index contributed by atoms with van der Waals surface area (Å²) in [6.07, 6.45) is 6.38. The minimum absolute atomic E-state index is 0.746. The Morgan fingerprint density at radius 1 is 1.54 bits per heavy atom. The largest absolute Gasteiger partial charge is 0.314 e. The van der Waals surface area contributed by atoms with Crippen molar-refractivity contribution in [2.24, 2.45) is 0 Å². The van der Waals surface area contributed by atoms with E-state index in [0.29, 0.717) is 0 Å². The molecule has 1 saturated carbocycles.